The van der Waals surface area contributed by atoms with Crippen LogP contribution in [0.2, 0.25) is 0 Å². The molecule has 0 spiro atoms. The second kappa shape index (κ2) is 10.0. The zero-order valence-electron chi connectivity index (χ0n) is 13.1. The molecule has 21 heavy (non-hydrogen) atoms. The van der Waals surface area contributed by atoms with Crippen LogP contribution in [0.25, 0.3) is 0 Å². The smallest absolute Gasteiger partial charge is 0.240 e. The van der Waals surface area contributed by atoms with E-state index in [9.17, 15) is 4.79 Å². The fraction of sp³-hybridized carbons (Fsp3) is 0.500. The summed E-state index contributed by atoms with van der Waals surface area (Å²) in [5.74, 6) is 0.761. The number of hydrogen-bond donors (Lipinski definition) is 0. The topological polar surface area (TPSA) is 35.5 Å². The standard InChI is InChI=1S/C18H26O3/c1-4-6-7-8-9-10-18(20-5-2)21-17-13-11-16(12-14-17)15(3)19/h5,11-14,18H,2,4,6-10H2,1,3H3. The molecule has 3 nitrogen and oxygen atoms in total. The zero-order chi connectivity index (χ0) is 15.5. The number of benzene rings is 1. The van der Waals surface area contributed by atoms with Gasteiger partial charge in [-0.05, 0) is 37.6 Å². The van der Waals surface area contributed by atoms with Crippen LogP contribution in [0.15, 0.2) is 37.1 Å². The Kier molecular flexibility index (Phi) is 8.25. The van der Waals surface area contributed by atoms with Gasteiger partial charge >= 0.3 is 0 Å². The molecule has 3 heteroatoms. The molecule has 0 aliphatic carbocycles. The van der Waals surface area contributed by atoms with Gasteiger partial charge in [-0.2, -0.15) is 0 Å². The minimum Gasteiger partial charge on any atom is -0.463 e. The molecule has 116 valence electrons. The van der Waals surface area contributed by atoms with Gasteiger partial charge in [0.05, 0.1) is 6.26 Å². The molecule has 0 aliphatic rings. The Morgan fingerprint density at radius 3 is 2.43 bits per heavy atom. The van der Waals surface area contributed by atoms with Crippen molar-refractivity contribution in [2.24, 2.45) is 0 Å². The van der Waals surface area contributed by atoms with E-state index in [0.717, 1.165) is 12.8 Å². The summed E-state index contributed by atoms with van der Waals surface area (Å²) in [5.41, 5.74) is 0.683. The van der Waals surface area contributed by atoms with Crippen LogP contribution in [0.1, 0.15) is 62.7 Å². The maximum atomic E-state index is 11.2. The number of ether oxygens (including phenoxy) is 2. The molecule has 0 heterocycles. The predicted octanol–water partition coefficient (Wildman–Crippen LogP) is 5.11. The molecule has 1 unspecified atom stereocenters. The van der Waals surface area contributed by atoms with Crippen LogP contribution >= 0.6 is 0 Å². The number of carbonyl (C=O) groups excluding carboxylic acids is 1. The average molecular weight is 290 g/mol. The lowest BCUT2D eigenvalue weighted by molar-refractivity contribution is -0.0360. The van der Waals surface area contributed by atoms with Crippen molar-refractivity contribution in [2.45, 2.75) is 58.7 Å². The average Bonchev–Trinajstić information content (AvgIpc) is 2.47. The van der Waals surface area contributed by atoms with E-state index in [1.165, 1.54) is 31.9 Å². The molecule has 0 aliphatic heterocycles. The maximum Gasteiger partial charge on any atom is 0.240 e. The fourth-order valence-corrected chi connectivity index (χ4v) is 2.10. The van der Waals surface area contributed by atoms with Gasteiger partial charge in [0.25, 0.3) is 0 Å². The van der Waals surface area contributed by atoms with Gasteiger partial charge in [0.1, 0.15) is 5.75 Å². The molecule has 1 aromatic rings. The van der Waals surface area contributed by atoms with Crippen molar-refractivity contribution in [2.75, 3.05) is 0 Å². The normalized spacial score (nSPS) is 11.7. The van der Waals surface area contributed by atoms with Crippen LogP contribution in [0.4, 0.5) is 0 Å². The fourth-order valence-electron chi connectivity index (χ4n) is 2.10. The molecule has 0 N–H and O–H groups in total. The molecule has 0 fully saturated rings. The number of hydrogen-bond acceptors (Lipinski definition) is 3. The van der Waals surface area contributed by atoms with Gasteiger partial charge in [-0.25, -0.2) is 0 Å². The molecule has 0 saturated carbocycles. The maximum absolute atomic E-state index is 11.2. The summed E-state index contributed by atoms with van der Waals surface area (Å²) in [6, 6.07) is 7.13. The van der Waals surface area contributed by atoms with Crippen LogP contribution < -0.4 is 4.74 Å². The van der Waals surface area contributed by atoms with E-state index in [0.29, 0.717) is 11.3 Å². The lowest BCUT2D eigenvalue weighted by Crippen LogP contribution is -2.18. The molecule has 1 rings (SSSR count). The molecule has 0 saturated heterocycles. The van der Waals surface area contributed by atoms with Gasteiger partial charge in [0, 0.05) is 12.0 Å². The zero-order valence-corrected chi connectivity index (χ0v) is 13.1. The van der Waals surface area contributed by atoms with E-state index >= 15 is 0 Å². The second-order valence-electron chi connectivity index (χ2n) is 5.13. The van der Waals surface area contributed by atoms with Crippen molar-refractivity contribution in [3.05, 3.63) is 42.7 Å². The summed E-state index contributed by atoms with van der Waals surface area (Å²) in [6.07, 6.45) is 7.98. The van der Waals surface area contributed by atoms with E-state index in [1.54, 1.807) is 31.2 Å². The monoisotopic (exact) mass is 290 g/mol. The number of rotatable bonds is 11. The third kappa shape index (κ3) is 6.98. The summed E-state index contributed by atoms with van der Waals surface area (Å²) >= 11 is 0. The van der Waals surface area contributed by atoms with E-state index in [-0.39, 0.29) is 12.1 Å². The third-order valence-corrected chi connectivity index (χ3v) is 3.32. The summed E-state index contributed by atoms with van der Waals surface area (Å²) in [6.45, 7) is 7.35. The van der Waals surface area contributed by atoms with Crippen molar-refractivity contribution >= 4 is 5.78 Å². The van der Waals surface area contributed by atoms with Crippen LogP contribution in [0, 0.1) is 0 Å². The highest BCUT2D eigenvalue weighted by molar-refractivity contribution is 5.94. The van der Waals surface area contributed by atoms with Gasteiger partial charge in [-0.1, -0.05) is 39.2 Å². The number of Topliss-reactive ketones (excluding diaryl/α,β-unsaturated/α-hetero) is 1. The molecular weight excluding hydrogens is 264 g/mol. The Morgan fingerprint density at radius 2 is 1.86 bits per heavy atom. The van der Waals surface area contributed by atoms with Crippen LogP contribution in [-0.2, 0) is 4.74 Å². The van der Waals surface area contributed by atoms with Gasteiger partial charge in [-0.15, -0.1) is 0 Å². The Bertz CT molecular complexity index is 423. The van der Waals surface area contributed by atoms with Crippen molar-refractivity contribution in [3.8, 4) is 5.75 Å². The number of carbonyl (C=O) groups is 1. The molecular formula is C18H26O3. The highest BCUT2D eigenvalue weighted by Crippen LogP contribution is 2.18. The van der Waals surface area contributed by atoms with Crippen molar-refractivity contribution in [3.63, 3.8) is 0 Å². The predicted molar refractivity (Wildman–Crippen MR) is 85.5 cm³/mol. The van der Waals surface area contributed by atoms with Crippen LogP contribution in [0.3, 0.4) is 0 Å². The number of unbranched alkanes of at least 4 members (excludes halogenated alkanes) is 4. The van der Waals surface area contributed by atoms with Crippen molar-refractivity contribution in [1.82, 2.24) is 0 Å². The summed E-state index contributed by atoms with van der Waals surface area (Å²) in [5, 5.41) is 0. The summed E-state index contributed by atoms with van der Waals surface area (Å²) < 4.78 is 11.2. The third-order valence-electron chi connectivity index (χ3n) is 3.32. The van der Waals surface area contributed by atoms with E-state index in [1.807, 2.05) is 0 Å². The highest BCUT2D eigenvalue weighted by atomic mass is 16.7. The molecule has 0 amide bonds. The van der Waals surface area contributed by atoms with Crippen LogP contribution in [0.5, 0.6) is 5.75 Å². The molecule has 0 radical (unpaired) electrons. The van der Waals surface area contributed by atoms with E-state index in [4.69, 9.17) is 9.47 Å². The van der Waals surface area contributed by atoms with Crippen molar-refractivity contribution < 1.29 is 14.3 Å². The first-order chi connectivity index (χ1) is 10.2. The van der Waals surface area contributed by atoms with Crippen LogP contribution in [-0.4, -0.2) is 12.1 Å². The first kappa shape index (κ1) is 17.3. The minimum atomic E-state index is -0.313. The first-order valence-corrected chi connectivity index (χ1v) is 7.71. The first-order valence-electron chi connectivity index (χ1n) is 7.71. The van der Waals surface area contributed by atoms with Gasteiger partial charge < -0.3 is 9.47 Å². The molecule has 0 bridgehead atoms. The van der Waals surface area contributed by atoms with Gasteiger partial charge in [0.15, 0.2) is 5.78 Å². The largest absolute Gasteiger partial charge is 0.463 e. The van der Waals surface area contributed by atoms with Gasteiger partial charge in [-0.3, -0.25) is 4.79 Å². The summed E-state index contributed by atoms with van der Waals surface area (Å²) in [4.78, 5) is 11.2. The molecule has 1 aromatic carbocycles. The van der Waals surface area contributed by atoms with E-state index < -0.39 is 0 Å². The minimum absolute atomic E-state index is 0.0522. The second-order valence-corrected chi connectivity index (χ2v) is 5.13. The quantitative estimate of drug-likeness (QED) is 0.246. The van der Waals surface area contributed by atoms with Crippen molar-refractivity contribution in [1.29, 1.82) is 0 Å². The Hall–Kier alpha value is -1.77. The SMILES string of the molecule is C=COC(CCCCCCC)Oc1ccc(C(C)=O)cc1. The Labute approximate surface area is 128 Å². The molecule has 1 atom stereocenters. The lowest BCUT2D eigenvalue weighted by atomic mass is 10.1. The Balaban J connectivity index is 2.45. The van der Waals surface area contributed by atoms with E-state index in [2.05, 4.69) is 13.5 Å². The molecule has 0 aromatic heterocycles. The van der Waals surface area contributed by atoms with Gasteiger partial charge in [0.2, 0.25) is 6.29 Å². The lowest BCUT2D eigenvalue weighted by Gasteiger charge is -2.18. The summed E-state index contributed by atoms with van der Waals surface area (Å²) in [7, 11) is 0. The highest BCUT2D eigenvalue weighted by Gasteiger charge is 2.10. The number of ketones is 1. The Morgan fingerprint density at radius 1 is 1.19 bits per heavy atom.